The van der Waals surface area contributed by atoms with E-state index in [1.165, 1.54) is 12.0 Å². The minimum absolute atomic E-state index is 0.0949. The first-order chi connectivity index (χ1) is 12.5. The van der Waals surface area contributed by atoms with E-state index in [1.807, 2.05) is 0 Å². The Morgan fingerprint density at radius 2 is 2.15 bits per heavy atom. The van der Waals surface area contributed by atoms with Gasteiger partial charge in [0.25, 0.3) is 0 Å². The van der Waals surface area contributed by atoms with Gasteiger partial charge in [0.1, 0.15) is 6.54 Å². The van der Waals surface area contributed by atoms with Crippen LogP contribution in [0.3, 0.4) is 0 Å². The zero-order chi connectivity index (χ0) is 19.1. The van der Waals surface area contributed by atoms with Crippen LogP contribution in [0, 0.1) is 5.92 Å². The van der Waals surface area contributed by atoms with E-state index in [-0.39, 0.29) is 44.5 Å². The van der Waals surface area contributed by atoms with Gasteiger partial charge in [0.05, 0.1) is 19.1 Å². The van der Waals surface area contributed by atoms with Crippen LogP contribution in [0.1, 0.15) is 13.3 Å². The van der Waals surface area contributed by atoms with Crippen molar-refractivity contribution in [3.8, 4) is 0 Å². The Balaban J connectivity index is 2.08. The molecule has 1 saturated heterocycles. The molecular formula is C18H23ClN2O5. The van der Waals surface area contributed by atoms with Crippen molar-refractivity contribution < 1.29 is 23.9 Å². The van der Waals surface area contributed by atoms with Crippen molar-refractivity contribution in [2.45, 2.75) is 13.3 Å². The largest absolute Gasteiger partial charge is 0.465 e. The van der Waals surface area contributed by atoms with Crippen LogP contribution >= 0.6 is 11.6 Å². The zero-order valence-electron chi connectivity index (χ0n) is 14.9. The lowest BCUT2D eigenvalue weighted by Gasteiger charge is -2.24. The molecule has 2 amide bonds. The van der Waals surface area contributed by atoms with E-state index in [0.717, 1.165) is 0 Å². The molecule has 0 spiro atoms. The molecule has 1 heterocycles. The van der Waals surface area contributed by atoms with Crippen LogP contribution in [-0.2, 0) is 23.9 Å². The Morgan fingerprint density at radius 3 is 2.81 bits per heavy atom. The summed E-state index contributed by atoms with van der Waals surface area (Å²) in [5.74, 6) is -1.40. The third kappa shape index (κ3) is 5.19. The first kappa shape index (κ1) is 20.2. The van der Waals surface area contributed by atoms with Gasteiger partial charge >= 0.3 is 5.97 Å². The average Bonchev–Trinajstić information content (AvgIpc) is 3.00. The van der Waals surface area contributed by atoms with Crippen molar-refractivity contribution in [2.75, 3.05) is 44.9 Å². The molecule has 1 aliphatic heterocycles. The molecular weight excluding hydrogens is 360 g/mol. The lowest BCUT2D eigenvalue weighted by atomic mass is 10.1. The Kier molecular flexibility index (Phi) is 7.41. The number of esters is 1. The highest BCUT2D eigenvalue weighted by Gasteiger charge is 2.37. The van der Waals surface area contributed by atoms with Gasteiger partial charge in [-0.2, -0.15) is 0 Å². The second-order valence-electron chi connectivity index (χ2n) is 5.94. The molecule has 2 rings (SSSR count). The topological polar surface area (TPSA) is 76.1 Å². The molecule has 0 radical (unpaired) electrons. The van der Waals surface area contributed by atoms with Gasteiger partial charge < -0.3 is 19.3 Å². The van der Waals surface area contributed by atoms with Gasteiger partial charge in [-0.15, -0.1) is 0 Å². The van der Waals surface area contributed by atoms with E-state index in [4.69, 9.17) is 21.1 Å². The van der Waals surface area contributed by atoms with E-state index in [9.17, 15) is 14.4 Å². The fourth-order valence-corrected chi connectivity index (χ4v) is 3.04. The summed E-state index contributed by atoms with van der Waals surface area (Å²) in [5, 5.41) is 0.522. The fourth-order valence-electron chi connectivity index (χ4n) is 2.86. The quantitative estimate of drug-likeness (QED) is 0.640. The Morgan fingerprint density at radius 1 is 1.38 bits per heavy atom. The predicted octanol–water partition coefficient (Wildman–Crippen LogP) is 1.73. The lowest BCUT2D eigenvalue weighted by molar-refractivity contribution is -0.150. The molecule has 1 atom stereocenters. The number of hydrogen-bond donors (Lipinski definition) is 0. The molecule has 1 unspecified atom stereocenters. The number of rotatable bonds is 8. The van der Waals surface area contributed by atoms with Crippen molar-refractivity contribution >= 4 is 35.1 Å². The predicted molar refractivity (Wildman–Crippen MR) is 97.0 cm³/mol. The maximum Gasteiger partial charge on any atom is 0.325 e. The lowest BCUT2D eigenvalue weighted by Crippen LogP contribution is -2.42. The summed E-state index contributed by atoms with van der Waals surface area (Å²) >= 11 is 5.99. The smallest absolute Gasteiger partial charge is 0.325 e. The number of hydrogen-bond acceptors (Lipinski definition) is 5. The van der Waals surface area contributed by atoms with Crippen LogP contribution in [0.4, 0.5) is 5.69 Å². The number of amides is 2. The third-order valence-electron chi connectivity index (χ3n) is 4.10. The van der Waals surface area contributed by atoms with Crippen LogP contribution < -0.4 is 4.90 Å². The van der Waals surface area contributed by atoms with E-state index in [0.29, 0.717) is 17.3 Å². The molecule has 8 heteroatoms. The molecule has 0 saturated carbocycles. The maximum absolute atomic E-state index is 12.8. The summed E-state index contributed by atoms with van der Waals surface area (Å²) in [6.07, 6.45) is 0.0949. The highest BCUT2D eigenvalue weighted by Crippen LogP contribution is 2.28. The second-order valence-corrected chi connectivity index (χ2v) is 6.38. The minimum atomic E-state index is -0.521. The Bertz CT molecular complexity index is 667. The summed E-state index contributed by atoms with van der Waals surface area (Å²) in [6, 6.07) is 6.94. The highest BCUT2D eigenvalue weighted by molar-refractivity contribution is 6.31. The van der Waals surface area contributed by atoms with Gasteiger partial charge in [0.2, 0.25) is 11.8 Å². The summed E-state index contributed by atoms with van der Waals surface area (Å²) in [6.45, 7) is 2.61. The normalized spacial score (nSPS) is 16.7. The number of halogens is 1. The van der Waals surface area contributed by atoms with E-state index in [2.05, 4.69) is 0 Å². The molecule has 1 aromatic carbocycles. The monoisotopic (exact) mass is 382 g/mol. The molecule has 26 heavy (non-hydrogen) atoms. The molecule has 0 aliphatic carbocycles. The second kappa shape index (κ2) is 9.54. The number of carbonyl (C=O) groups excluding carboxylic acids is 3. The van der Waals surface area contributed by atoms with E-state index >= 15 is 0 Å². The molecule has 0 aromatic heterocycles. The molecule has 0 bridgehead atoms. The summed E-state index contributed by atoms with van der Waals surface area (Å²) in [4.78, 5) is 39.9. The SMILES string of the molecule is CCOC(=O)CN(CCOC)C(=O)C1CC(=O)N(c2cccc(Cl)c2)C1. The van der Waals surface area contributed by atoms with Gasteiger partial charge in [0, 0.05) is 37.3 Å². The number of ether oxygens (including phenoxy) is 2. The standard InChI is InChI=1S/C18H23ClN2O5/c1-3-26-17(23)12-20(7-8-25-2)18(24)13-9-16(22)21(11-13)15-6-4-5-14(19)10-15/h4-6,10,13H,3,7-9,11-12H2,1-2H3. The van der Waals surface area contributed by atoms with Crippen molar-refractivity contribution in [1.29, 1.82) is 0 Å². The number of methoxy groups -OCH3 is 1. The number of nitrogens with zero attached hydrogens (tertiary/aromatic N) is 2. The average molecular weight is 383 g/mol. The van der Waals surface area contributed by atoms with Crippen molar-refractivity contribution in [2.24, 2.45) is 5.92 Å². The molecule has 1 aliphatic rings. The molecule has 0 N–H and O–H groups in total. The molecule has 7 nitrogen and oxygen atoms in total. The van der Waals surface area contributed by atoms with Crippen molar-refractivity contribution in [3.63, 3.8) is 0 Å². The minimum Gasteiger partial charge on any atom is -0.465 e. The van der Waals surface area contributed by atoms with Crippen LogP contribution in [0.25, 0.3) is 0 Å². The van der Waals surface area contributed by atoms with Crippen LogP contribution in [0.5, 0.6) is 0 Å². The molecule has 1 aromatic rings. The Labute approximate surface area is 157 Å². The summed E-state index contributed by atoms with van der Waals surface area (Å²) in [5.41, 5.74) is 0.659. The first-order valence-corrected chi connectivity index (χ1v) is 8.83. The fraction of sp³-hybridized carbons (Fsp3) is 0.500. The van der Waals surface area contributed by atoms with Gasteiger partial charge in [-0.1, -0.05) is 17.7 Å². The van der Waals surface area contributed by atoms with Gasteiger partial charge in [-0.25, -0.2) is 0 Å². The van der Waals surface area contributed by atoms with Crippen molar-refractivity contribution in [3.05, 3.63) is 29.3 Å². The van der Waals surface area contributed by atoms with Crippen LogP contribution in [-0.4, -0.2) is 62.6 Å². The summed E-state index contributed by atoms with van der Waals surface area (Å²) < 4.78 is 9.94. The number of benzene rings is 1. The maximum atomic E-state index is 12.8. The van der Waals surface area contributed by atoms with E-state index < -0.39 is 11.9 Å². The summed E-state index contributed by atoms with van der Waals surface area (Å²) in [7, 11) is 1.52. The third-order valence-corrected chi connectivity index (χ3v) is 4.33. The first-order valence-electron chi connectivity index (χ1n) is 8.45. The highest BCUT2D eigenvalue weighted by atomic mass is 35.5. The molecule has 1 fully saturated rings. The zero-order valence-corrected chi connectivity index (χ0v) is 15.7. The van der Waals surface area contributed by atoms with Gasteiger partial charge in [-0.3, -0.25) is 14.4 Å². The number of anilines is 1. The number of carbonyl (C=O) groups is 3. The Hall–Kier alpha value is -2.12. The van der Waals surface area contributed by atoms with E-state index in [1.54, 1.807) is 36.1 Å². The van der Waals surface area contributed by atoms with Gasteiger partial charge in [0.15, 0.2) is 0 Å². The van der Waals surface area contributed by atoms with Crippen LogP contribution in [0.2, 0.25) is 5.02 Å². The van der Waals surface area contributed by atoms with Crippen LogP contribution in [0.15, 0.2) is 24.3 Å². The molecule has 142 valence electrons. The van der Waals surface area contributed by atoms with Gasteiger partial charge in [-0.05, 0) is 25.1 Å². The van der Waals surface area contributed by atoms with Crippen molar-refractivity contribution in [1.82, 2.24) is 4.90 Å².